The summed E-state index contributed by atoms with van der Waals surface area (Å²) < 4.78 is 10.8. The van der Waals surface area contributed by atoms with Gasteiger partial charge in [-0.2, -0.15) is 0 Å². The van der Waals surface area contributed by atoms with Crippen molar-refractivity contribution in [2.75, 3.05) is 52.5 Å². The largest absolute Gasteiger partial charge is 0.491 e. The number of hydrogen-bond donors (Lipinski definition) is 4. The first kappa shape index (κ1) is 24.0. The number of morpholine rings is 1. The van der Waals surface area contributed by atoms with Crippen LogP contribution in [-0.4, -0.2) is 86.3 Å². The fourth-order valence-corrected chi connectivity index (χ4v) is 2.50. The van der Waals surface area contributed by atoms with E-state index in [1.165, 1.54) is 0 Å². The summed E-state index contributed by atoms with van der Waals surface area (Å²) in [5.41, 5.74) is 0.909. The fourth-order valence-electron chi connectivity index (χ4n) is 2.38. The van der Waals surface area contributed by atoms with Crippen molar-refractivity contribution in [3.8, 4) is 5.75 Å². The molecule has 1 heterocycles. The van der Waals surface area contributed by atoms with Gasteiger partial charge in [0.15, 0.2) is 0 Å². The molecule has 0 spiro atoms. The van der Waals surface area contributed by atoms with Gasteiger partial charge in [-0.1, -0.05) is 11.6 Å². The molecule has 1 saturated heterocycles. The highest BCUT2D eigenvalue weighted by Gasteiger charge is 2.11. The van der Waals surface area contributed by atoms with Gasteiger partial charge >= 0.3 is 6.03 Å². The number of carboxylic acid groups (broad SMARTS) is 1. The van der Waals surface area contributed by atoms with Gasteiger partial charge in [-0.05, 0) is 30.7 Å². The number of nitrogens with zero attached hydrogens (tertiary/aromatic N) is 1. The molecule has 1 aromatic carbocycles. The number of hydrogen-bond acceptors (Lipinski definition) is 6. The van der Waals surface area contributed by atoms with Crippen molar-refractivity contribution in [1.29, 1.82) is 0 Å². The number of amides is 2. The van der Waals surface area contributed by atoms with Crippen LogP contribution in [0.5, 0.6) is 5.75 Å². The molecule has 9 nitrogen and oxygen atoms in total. The van der Waals surface area contributed by atoms with E-state index in [1.54, 1.807) is 18.2 Å². The molecular weight excluding hydrogens is 390 g/mol. The maximum Gasteiger partial charge on any atom is 0.314 e. The van der Waals surface area contributed by atoms with E-state index in [1.807, 2.05) is 6.92 Å². The van der Waals surface area contributed by atoms with Gasteiger partial charge in [0.1, 0.15) is 18.5 Å². The van der Waals surface area contributed by atoms with Crippen molar-refractivity contribution in [1.82, 2.24) is 15.5 Å². The molecule has 0 aromatic heterocycles. The molecule has 0 aliphatic carbocycles. The molecule has 0 bridgehead atoms. The lowest BCUT2D eigenvalue weighted by atomic mass is 10.2. The quantitative estimate of drug-likeness (QED) is 0.460. The summed E-state index contributed by atoms with van der Waals surface area (Å²) in [5.74, 6) is 0.635. The topological polar surface area (TPSA) is 120 Å². The van der Waals surface area contributed by atoms with Crippen molar-refractivity contribution in [3.63, 3.8) is 0 Å². The Kier molecular flexibility index (Phi) is 12.0. The minimum absolute atomic E-state index is 0.0924. The lowest BCUT2D eigenvalue weighted by Gasteiger charge is -2.26. The van der Waals surface area contributed by atoms with Gasteiger partial charge < -0.3 is 30.3 Å². The maximum atomic E-state index is 11.7. The Labute approximate surface area is 169 Å². The Morgan fingerprint density at radius 1 is 1.39 bits per heavy atom. The number of urea groups is 1. The van der Waals surface area contributed by atoms with Gasteiger partial charge in [0.2, 0.25) is 0 Å². The number of ether oxygens (including phenoxy) is 2. The molecule has 0 saturated carbocycles. The molecule has 28 heavy (non-hydrogen) atoms. The summed E-state index contributed by atoms with van der Waals surface area (Å²) in [7, 11) is 0. The van der Waals surface area contributed by atoms with Crippen LogP contribution in [-0.2, 0) is 9.53 Å². The molecule has 0 radical (unpaired) electrons. The zero-order valence-corrected chi connectivity index (χ0v) is 16.7. The lowest BCUT2D eigenvalue weighted by Crippen LogP contribution is -2.45. The predicted molar refractivity (Wildman–Crippen MR) is 105 cm³/mol. The van der Waals surface area contributed by atoms with Crippen LogP contribution in [0.2, 0.25) is 5.02 Å². The third-order valence-corrected chi connectivity index (χ3v) is 4.31. The van der Waals surface area contributed by atoms with E-state index in [2.05, 4.69) is 15.5 Å². The molecule has 1 aliphatic rings. The third kappa shape index (κ3) is 10.3. The summed E-state index contributed by atoms with van der Waals surface area (Å²) in [4.78, 5) is 22.3. The van der Waals surface area contributed by atoms with E-state index < -0.39 is 6.10 Å². The van der Waals surface area contributed by atoms with E-state index in [9.17, 15) is 9.90 Å². The SMILES string of the molecule is Cc1cc(OCC(O)CNC(=O)NCCN2CCOCC2)ccc1Cl.O=CO. The highest BCUT2D eigenvalue weighted by molar-refractivity contribution is 6.31. The Hall–Kier alpha value is -2.07. The molecule has 2 amide bonds. The van der Waals surface area contributed by atoms with Gasteiger partial charge in [-0.25, -0.2) is 4.79 Å². The van der Waals surface area contributed by atoms with Crippen LogP contribution in [0.1, 0.15) is 5.56 Å². The van der Waals surface area contributed by atoms with E-state index in [0.717, 1.165) is 38.4 Å². The van der Waals surface area contributed by atoms with Crippen LogP contribution in [0, 0.1) is 6.92 Å². The Bertz CT molecular complexity index is 599. The number of nitrogens with one attached hydrogen (secondary N) is 2. The average Bonchev–Trinajstić information content (AvgIpc) is 2.69. The molecule has 1 fully saturated rings. The number of carbonyl (C=O) groups is 2. The van der Waals surface area contributed by atoms with Crippen LogP contribution in [0.25, 0.3) is 0 Å². The molecule has 2 rings (SSSR count). The predicted octanol–water partition coefficient (Wildman–Crippen LogP) is 0.720. The lowest BCUT2D eigenvalue weighted by molar-refractivity contribution is -0.122. The van der Waals surface area contributed by atoms with E-state index in [-0.39, 0.29) is 25.7 Å². The number of rotatable bonds is 8. The maximum absolute atomic E-state index is 11.7. The normalized spacial score (nSPS) is 15.0. The number of halogens is 1. The fraction of sp³-hybridized carbons (Fsp3) is 0.556. The molecule has 1 atom stereocenters. The van der Waals surface area contributed by atoms with Gasteiger partial charge in [-0.3, -0.25) is 9.69 Å². The Balaban J connectivity index is 0.00000122. The van der Waals surface area contributed by atoms with E-state index in [4.69, 9.17) is 31.0 Å². The van der Waals surface area contributed by atoms with Crippen molar-refractivity contribution < 1.29 is 29.3 Å². The number of aliphatic hydroxyl groups is 1. The average molecular weight is 418 g/mol. The van der Waals surface area contributed by atoms with Crippen LogP contribution >= 0.6 is 11.6 Å². The van der Waals surface area contributed by atoms with Gasteiger partial charge in [0, 0.05) is 37.7 Å². The van der Waals surface area contributed by atoms with Crippen LogP contribution in [0.3, 0.4) is 0 Å². The Morgan fingerprint density at radius 3 is 2.71 bits per heavy atom. The molecule has 4 N–H and O–H groups in total. The minimum atomic E-state index is -0.791. The van der Waals surface area contributed by atoms with Crippen LogP contribution in [0.4, 0.5) is 4.79 Å². The highest BCUT2D eigenvalue weighted by atomic mass is 35.5. The second-order valence-electron chi connectivity index (χ2n) is 6.07. The first-order chi connectivity index (χ1) is 13.5. The molecule has 1 aromatic rings. The van der Waals surface area contributed by atoms with Gasteiger partial charge in [0.25, 0.3) is 6.47 Å². The van der Waals surface area contributed by atoms with E-state index >= 15 is 0 Å². The summed E-state index contributed by atoms with van der Waals surface area (Å²) in [5, 5.41) is 22.9. The highest BCUT2D eigenvalue weighted by Crippen LogP contribution is 2.21. The summed E-state index contributed by atoms with van der Waals surface area (Å²) in [6.07, 6.45) is -0.791. The zero-order chi connectivity index (χ0) is 20.8. The third-order valence-electron chi connectivity index (χ3n) is 3.89. The summed E-state index contributed by atoms with van der Waals surface area (Å²) >= 11 is 5.95. The molecule has 10 heteroatoms. The molecule has 1 unspecified atom stereocenters. The second-order valence-corrected chi connectivity index (χ2v) is 6.48. The standard InChI is InChI=1S/C17H26ClN3O4.CH2O2/c1-13-10-15(2-3-16(13)18)25-12-14(22)11-20-17(23)19-4-5-21-6-8-24-9-7-21;2-1-3/h2-3,10,14,22H,4-9,11-12H2,1H3,(H2,19,20,23);1H,(H,2,3). The molecule has 158 valence electrons. The van der Waals surface area contributed by atoms with Crippen molar-refractivity contribution >= 4 is 24.1 Å². The number of aliphatic hydroxyl groups excluding tert-OH is 1. The monoisotopic (exact) mass is 417 g/mol. The summed E-state index contributed by atoms with van der Waals surface area (Å²) in [6.45, 7) is 6.46. The summed E-state index contributed by atoms with van der Waals surface area (Å²) in [6, 6.07) is 5.00. The smallest absolute Gasteiger partial charge is 0.314 e. The first-order valence-corrected chi connectivity index (χ1v) is 9.30. The van der Waals surface area contributed by atoms with E-state index in [0.29, 0.717) is 17.3 Å². The molecular formula is C18H28ClN3O6. The van der Waals surface area contributed by atoms with Gasteiger partial charge in [-0.15, -0.1) is 0 Å². The Morgan fingerprint density at radius 2 is 2.07 bits per heavy atom. The van der Waals surface area contributed by atoms with Gasteiger partial charge in [0.05, 0.1) is 13.2 Å². The van der Waals surface area contributed by atoms with Crippen LogP contribution in [0.15, 0.2) is 18.2 Å². The van der Waals surface area contributed by atoms with Crippen LogP contribution < -0.4 is 15.4 Å². The van der Waals surface area contributed by atoms with Crippen molar-refractivity contribution in [3.05, 3.63) is 28.8 Å². The minimum Gasteiger partial charge on any atom is -0.491 e. The zero-order valence-electron chi connectivity index (χ0n) is 15.9. The van der Waals surface area contributed by atoms with Crippen molar-refractivity contribution in [2.24, 2.45) is 0 Å². The second kappa shape index (κ2) is 14.0. The number of carbonyl (C=O) groups excluding carboxylic acids is 1. The van der Waals surface area contributed by atoms with Crippen molar-refractivity contribution in [2.45, 2.75) is 13.0 Å². The first-order valence-electron chi connectivity index (χ1n) is 8.93. The number of aryl methyl sites for hydroxylation is 1. The molecule has 1 aliphatic heterocycles. The number of benzene rings is 1.